The molecule has 4 nitrogen and oxygen atoms in total. The van der Waals surface area contributed by atoms with E-state index in [1.807, 2.05) is 6.07 Å². The minimum absolute atomic E-state index is 0.0769. The first-order valence-corrected chi connectivity index (χ1v) is 4.95. The van der Waals surface area contributed by atoms with E-state index < -0.39 is 0 Å². The van der Waals surface area contributed by atoms with E-state index in [9.17, 15) is 4.79 Å². The third-order valence-corrected chi connectivity index (χ3v) is 2.41. The molecule has 3 N–H and O–H groups in total. The molecule has 0 radical (unpaired) electrons. The number of nitrogen functional groups attached to an aromatic ring is 1. The fourth-order valence-electron chi connectivity index (χ4n) is 1.51. The second kappa shape index (κ2) is 4.10. The normalized spacial score (nSPS) is 10.1. The molecule has 1 aromatic carbocycles. The van der Waals surface area contributed by atoms with Gasteiger partial charge in [-0.2, -0.15) is 0 Å². The lowest BCUT2D eigenvalue weighted by Crippen LogP contribution is -2.25. The number of aromatic amines is 1. The number of carbonyl (C=O) groups excluding carboxylic acids is 1. The van der Waals surface area contributed by atoms with Crippen LogP contribution in [0, 0.1) is 0 Å². The maximum absolute atomic E-state index is 12.1. The molecule has 0 atom stereocenters. The van der Waals surface area contributed by atoms with Crippen LogP contribution in [0.1, 0.15) is 10.4 Å². The smallest absolute Gasteiger partial charge is 0.258 e. The van der Waals surface area contributed by atoms with Crippen molar-refractivity contribution in [2.24, 2.45) is 0 Å². The average Bonchev–Trinajstić information content (AvgIpc) is 2.80. The summed E-state index contributed by atoms with van der Waals surface area (Å²) in [6, 6.07) is 8.79. The Morgan fingerprint density at radius 1 is 1.38 bits per heavy atom. The monoisotopic (exact) mass is 215 g/mol. The first-order valence-electron chi connectivity index (χ1n) is 4.95. The van der Waals surface area contributed by atoms with Gasteiger partial charge in [-0.25, -0.2) is 0 Å². The molecule has 0 aliphatic carbocycles. The summed E-state index contributed by atoms with van der Waals surface area (Å²) in [5.41, 5.74) is 7.64. The summed E-state index contributed by atoms with van der Waals surface area (Å²) in [7, 11) is 1.73. The number of amides is 1. The van der Waals surface area contributed by atoms with Gasteiger partial charge in [-0.3, -0.25) is 4.79 Å². The Hall–Kier alpha value is -2.23. The van der Waals surface area contributed by atoms with Gasteiger partial charge in [0.15, 0.2) is 0 Å². The van der Waals surface area contributed by atoms with Gasteiger partial charge in [0.25, 0.3) is 5.91 Å². The standard InChI is InChI=1S/C12H13N3O/c1-15(11-5-6-14-8-11)12(16)9-3-2-4-10(13)7-9/h2-8,14H,13H2,1H3. The Kier molecular flexibility index (Phi) is 2.64. The quantitative estimate of drug-likeness (QED) is 0.751. The van der Waals surface area contributed by atoms with Crippen molar-refractivity contribution in [3.63, 3.8) is 0 Å². The topological polar surface area (TPSA) is 62.1 Å². The summed E-state index contributed by atoms with van der Waals surface area (Å²) >= 11 is 0. The van der Waals surface area contributed by atoms with Crippen LogP contribution in [-0.4, -0.2) is 17.9 Å². The van der Waals surface area contributed by atoms with E-state index >= 15 is 0 Å². The van der Waals surface area contributed by atoms with Gasteiger partial charge in [-0.1, -0.05) is 6.07 Å². The van der Waals surface area contributed by atoms with Gasteiger partial charge in [0.1, 0.15) is 0 Å². The van der Waals surface area contributed by atoms with Crippen molar-refractivity contribution in [3.05, 3.63) is 48.3 Å². The number of hydrogen-bond donors (Lipinski definition) is 2. The Morgan fingerprint density at radius 2 is 2.19 bits per heavy atom. The SMILES string of the molecule is CN(C(=O)c1cccc(N)c1)c1cc[nH]c1. The van der Waals surface area contributed by atoms with Crippen LogP contribution >= 0.6 is 0 Å². The van der Waals surface area contributed by atoms with E-state index in [2.05, 4.69) is 4.98 Å². The summed E-state index contributed by atoms with van der Waals surface area (Å²) in [5.74, 6) is -0.0769. The molecule has 2 rings (SSSR count). The average molecular weight is 215 g/mol. The van der Waals surface area contributed by atoms with Crippen LogP contribution in [0.3, 0.4) is 0 Å². The Bertz CT molecular complexity index is 491. The number of hydrogen-bond acceptors (Lipinski definition) is 2. The Labute approximate surface area is 93.7 Å². The van der Waals surface area contributed by atoms with Crippen LogP contribution < -0.4 is 10.6 Å². The zero-order valence-corrected chi connectivity index (χ0v) is 8.97. The molecule has 0 aliphatic heterocycles. The molecule has 0 saturated carbocycles. The van der Waals surface area contributed by atoms with Crippen LogP contribution in [0.5, 0.6) is 0 Å². The highest BCUT2D eigenvalue weighted by molar-refractivity contribution is 6.06. The second-order valence-corrected chi connectivity index (χ2v) is 3.56. The number of benzene rings is 1. The minimum atomic E-state index is -0.0769. The number of H-pyrrole nitrogens is 1. The highest BCUT2D eigenvalue weighted by atomic mass is 16.2. The molecule has 82 valence electrons. The molecule has 0 aliphatic rings. The molecular weight excluding hydrogens is 202 g/mol. The van der Waals surface area contributed by atoms with Crippen molar-refractivity contribution in [1.82, 2.24) is 4.98 Å². The highest BCUT2D eigenvalue weighted by Gasteiger charge is 2.13. The molecule has 0 bridgehead atoms. The van der Waals surface area contributed by atoms with E-state index in [0.29, 0.717) is 11.3 Å². The third kappa shape index (κ3) is 1.91. The molecule has 4 heteroatoms. The molecule has 16 heavy (non-hydrogen) atoms. The van der Waals surface area contributed by atoms with E-state index in [4.69, 9.17) is 5.73 Å². The predicted molar refractivity (Wildman–Crippen MR) is 64.4 cm³/mol. The van der Waals surface area contributed by atoms with Gasteiger partial charge in [-0.15, -0.1) is 0 Å². The molecule has 2 aromatic rings. The van der Waals surface area contributed by atoms with Gasteiger partial charge < -0.3 is 15.6 Å². The molecule has 0 unspecified atom stereocenters. The van der Waals surface area contributed by atoms with Crippen molar-refractivity contribution < 1.29 is 4.79 Å². The number of carbonyl (C=O) groups is 1. The number of anilines is 2. The fourth-order valence-corrected chi connectivity index (χ4v) is 1.51. The van der Waals surface area contributed by atoms with Crippen molar-refractivity contribution in [1.29, 1.82) is 0 Å². The molecule has 0 saturated heterocycles. The molecule has 1 aromatic heterocycles. The van der Waals surface area contributed by atoms with Crippen LogP contribution in [0.25, 0.3) is 0 Å². The number of nitrogens with two attached hydrogens (primary N) is 1. The molecule has 0 spiro atoms. The van der Waals surface area contributed by atoms with Crippen LogP contribution in [0.2, 0.25) is 0 Å². The first-order chi connectivity index (χ1) is 7.68. The maximum atomic E-state index is 12.1. The number of aromatic nitrogens is 1. The van der Waals surface area contributed by atoms with Crippen molar-refractivity contribution in [2.75, 3.05) is 17.7 Å². The molecular formula is C12H13N3O. The van der Waals surface area contributed by atoms with Crippen LogP contribution in [0.4, 0.5) is 11.4 Å². The van der Waals surface area contributed by atoms with Crippen LogP contribution in [0.15, 0.2) is 42.7 Å². The van der Waals surface area contributed by atoms with Gasteiger partial charge in [0.05, 0.1) is 5.69 Å². The third-order valence-electron chi connectivity index (χ3n) is 2.41. The Morgan fingerprint density at radius 3 is 2.81 bits per heavy atom. The zero-order valence-electron chi connectivity index (χ0n) is 8.97. The number of nitrogens with zero attached hydrogens (tertiary/aromatic N) is 1. The molecule has 1 heterocycles. The lowest BCUT2D eigenvalue weighted by Gasteiger charge is -2.15. The van der Waals surface area contributed by atoms with Crippen molar-refractivity contribution in [2.45, 2.75) is 0 Å². The van der Waals surface area contributed by atoms with Crippen molar-refractivity contribution in [3.8, 4) is 0 Å². The van der Waals surface area contributed by atoms with Gasteiger partial charge >= 0.3 is 0 Å². The summed E-state index contributed by atoms with van der Waals surface area (Å²) in [6.45, 7) is 0. The lowest BCUT2D eigenvalue weighted by molar-refractivity contribution is 0.0993. The summed E-state index contributed by atoms with van der Waals surface area (Å²) < 4.78 is 0. The molecule has 1 amide bonds. The van der Waals surface area contributed by atoms with Gasteiger partial charge in [0, 0.05) is 30.7 Å². The largest absolute Gasteiger partial charge is 0.399 e. The summed E-state index contributed by atoms with van der Waals surface area (Å²) in [6.07, 6.45) is 3.54. The number of rotatable bonds is 2. The van der Waals surface area contributed by atoms with Gasteiger partial charge in [0.2, 0.25) is 0 Å². The predicted octanol–water partition coefficient (Wildman–Crippen LogP) is 1.87. The van der Waals surface area contributed by atoms with Crippen molar-refractivity contribution >= 4 is 17.3 Å². The summed E-state index contributed by atoms with van der Waals surface area (Å²) in [4.78, 5) is 16.5. The second-order valence-electron chi connectivity index (χ2n) is 3.56. The lowest BCUT2D eigenvalue weighted by atomic mass is 10.2. The molecule has 0 fully saturated rings. The van der Waals surface area contributed by atoms with Gasteiger partial charge in [-0.05, 0) is 24.3 Å². The first kappa shape index (κ1) is 10.3. The van der Waals surface area contributed by atoms with Crippen LogP contribution in [-0.2, 0) is 0 Å². The van der Waals surface area contributed by atoms with E-state index in [0.717, 1.165) is 5.69 Å². The number of nitrogens with one attached hydrogen (secondary N) is 1. The van der Waals surface area contributed by atoms with E-state index in [1.165, 1.54) is 0 Å². The summed E-state index contributed by atoms with van der Waals surface area (Å²) in [5, 5.41) is 0. The van der Waals surface area contributed by atoms with E-state index in [1.54, 1.807) is 48.6 Å². The Balaban J connectivity index is 2.26. The highest BCUT2D eigenvalue weighted by Crippen LogP contribution is 2.15. The fraction of sp³-hybridized carbons (Fsp3) is 0.0833. The minimum Gasteiger partial charge on any atom is -0.399 e. The maximum Gasteiger partial charge on any atom is 0.258 e. The van der Waals surface area contributed by atoms with E-state index in [-0.39, 0.29) is 5.91 Å². The zero-order chi connectivity index (χ0) is 11.5.